The lowest BCUT2D eigenvalue weighted by Gasteiger charge is -2.17. The van der Waals surface area contributed by atoms with Crippen LogP contribution < -0.4 is 11.1 Å². The van der Waals surface area contributed by atoms with Crippen molar-refractivity contribution < 1.29 is 9.59 Å². The van der Waals surface area contributed by atoms with Gasteiger partial charge in [-0.3, -0.25) is 9.59 Å². The predicted octanol–water partition coefficient (Wildman–Crippen LogP) is 2.40. The first-order chi connectivity index (χ1) is 11.0. The number of benzene rings is 1. The second kappa shape index (κ2) is 8.24. The molecule has 0 bridgehead atoms. The Kier molecular flexibility index (Phi) is 6.32. The summed E-state index contributed by atoms with van der Waals surface area (Å²) in [5.41, 5.74) is 6.99. The van der Waals surface area contributed by atoms with Crippen LogP contribution in [-0.4, -0.2) is 36.9 Å². The number of carbonyl (C=O) groups is 2. The van der Waals surface area contributed by atoms with Crippen LogP contribution in [0.15, 0.2) is 46.3 Å². The number of hydrogen-bond donors (Lipinski definition) is 2. The molecule has 5 nitrogen and oxygen atoms in total. The molecule has 1 aromatic carbocycles. The first-order valence-electron chi connectivity index (χ1n) is 7.05. The molecule has 1 atom stereocenters. The Morgan fingerprint density at radius 3 is 2.57 bits per heavy atom. The first kappa shape index (κ1) is 17.7. The van der Waals surface area contributed by atoms with E-state index in [2.05, 4.69) is 21.2 Å². The second-order valence-electron chi connectivity index (χ2n) is 5.09. The Hall–Kier alpha value is -1.70. The SMILES string of the molecule is CN(CC(=O)NCC(N)c1ccccc1)C(=O)c1ccc(Br)s1. The van der Waals surface area contributed by atoms with Crippen LogP contribution in [0, 0.1) is 0 Å². The number of rotatable bonds is 6. The minimum atomic E-state index is -0.269. The lowest BCUT2D eigenvalue weighted by Crippen LogP contribution is -2.40. The predicted molar refractivity (Wildman–Crippen MR) is 95.4 cm³/mol. The molecular weight excluding hydrogens is 378 g/mol. The van der Waals surface area contributed by atoms with Crippen molar-refractivity contribution in [1.29, 1.82) is 0 Å². The van der Waals surface area contributed by atoms with Crippen LogP contribution in [0.2, 0.25) is 0 Å². The molecule has 0 saturated carbocycles. The van der Waals surface area contributed by atoms with Gasteiger partial charge in [0.05, 0.1) is 15.2 Å². The fraction of sp³-hybridized carbons (Fsp3) is 0.250. The maximum atomic E-state index is 12.2. The van der Waals surface area contributed by atoms with Crippen molar-refractivity contribution in [2.45, 2.75) is 6.04 Å². The second-order valence-corrected chi connectivity index (χ2v) is 7.55. The van der Waals surface area contributed by atoms with E-state index in [-0.39, 0.29) is 24.4 Å². The normalized spacial score (nSPS) is 11.8. The molecule has 122 valence electrons. The fourth-order valence-electron chi connectivity index (χ4n) is 2.00. The zero-order valence-electron chi connectivity index (χ0n) is 12.7. The third kappa shape index (κ3) is 5.16. The lowest BCUT2D eigenvalue weighted by molar-refractivity contribution is -0.121. The van der Waals surface area contributed by atoms with E-state index in [0.29, 0.717) is 11.4 Å². The Bertz CT molecular complexity index is 675. The molecule has 2 rings (SSSR count). The number of nitrogens with one attached hydrogen (secondary N) is 1. The van der Waals surface area contributed by atoms with E-state index in [1.807, 2.05) is 36.4 Å². The minimum Gasteiger partial charge on any atom is -0.353 e. The van der Waals surface area contributed by atoms with E-state index < -0.39 is 0 Å². The van der Waals surface area contributed by atoms with Crippen molar-refractivity contribution in [3.8, 4) is 0 Å². The van der Waals surface area contributed by atoms with Gasteiger partial charge in [0.25, 0.3) is 5.91 Å². The number of nitrogens with zero attached hydrogens (tertiary/aromatic N) is 1. The first-order valence-corrected chi connectivity index (χ1v) is 8.66. The summed E-state index contributed by atoms with van der Waals surface area (Å²) in [6.07, 6.45) is 0. The zero-order chi connectivity index (χ0) is 16.8. The summed E-state index contributed by atoms with van der Waals surface area (Å²) in [6.45, 7) is 0.325. The van der Waals surface area contributed by atoms with Gasteiger partial charge in [-0.2, -0.15) is 0 Å². The molecule has 0 saturated heterocycles. The van der Waals surface area contributed by atoms with Crippen LogP contribution in [0.25, 0.3) is 0 Å². The third-order valence-corrected chi connectivity index (χ3v) is 4.87. The molecule has 2 amide bonds. The van der Waals surface area contributed by atoms with Gasteiger partial charge < -0.3 is 16.0 Å². The monoisotopic (exact) mass is 395 g/mol. The van der Waals surface area contributed by atoms with E-state index in [1.165, 1.54) is 16.2 Å². The van der Waals surface area contributed by atoms with E-state index in [1.54, 1.807) is 13.1 Å². The molecule has 1 heterocycles. The van der Waals surface area contributed by atoms with Gasteiger partial charge in [0, 0.05) is 19.6 Å². The summed E-state index contributed by atoms with van der Waals surface area (Å²) < 4.78 is 0.882. The third-order valence-electron chi connectivity index (χ3n) is 3.26. The molecule has 0 radical (unpaired) electrons. The summed E-state index contributed by atoms with van der Waals surface area (Å²) in [5, 5.41) is 2.76. The van der Waals surface area contributed by atoms with Gasteiger partial charge >= 0.3 is 0 Å². The van der Waals surface area contributed by atoms with Crippen LogP contribution in [0.5, 0.6) is 0 Å². The molecule has 0 aliphatic heterocycles. The van der Waals surface area contributed by atoms with Gasteiger partial charge in [-0.1, -0.05) is 30.3 Å². The molecule has 7 heteroatoms. The topological polar surface area (TPSA) is 75.4 Å². The van der Waals surface area contributed by atoms with Crippen LogP contribution in [0.3, 0.4) is 0 Å². The molecule has 23 heavy (non-hydrogen) atoms. The van der Waals surface area contributed by atoms with E-state index >= 15 is 0 Å². The molecule has 3 N–H and O–H groups in total. The summed E-state index contributed by atoms with van der Waals surface area (Å²) in [5.74, 6) is -0.411. The van der Waals surface area contributed by atoms with Crippen molar-refractivity contribution in [3.63, 3.8) is 0 Å². The number of carbonyl (C=O) groups excluding carboxylic acids is 2. The van der Waals surface area contributed by atoms with Gasteiger partial charge in [0.15, 0.2) is 0 Å². The van der Waals surface area contributed by atoms with E-state index in [9.17, 15) is 9.59 Å². The number of nitrogens with two attached hydrogens (primary N) is 1. The minimum absolute atomic E-state index is 0.00411. The molecule has 0 aliphatic carbocycles. The highest BCUT2D eigenvalue weighted by Crippen LogP contribution is 2.22. The number of thiophene rings is 1. The van der Waals surface area contributed by atoms with Crippen LogP contribution in [-0.2, 0) is 4.79 Å². The lowest BCUT2D eigenvalue weighted by atomic mass is 10.1. The molecule has 0 aliphatic rings. The highest BCUT2D eigenvalue weighted by atomic mass is 79.9. The van der Waals surface area contributed by atoms with Crippen molar-refractivity contribution in [2.75, 3.05) is 20.1 Å². The molecular formula is C16H18BrN3O2S. The van der Waals surface area contributed by atoms with Crippen LogP contribution >= 0.6 is 27.3 Å². The number of halogens is 1. The number of likely N-dealkylation sites (N-methyl/N-ethyl adjacent to an activating group) is 1. The zero-order valence-corrected chi connectivity index (χ0v) is 15.1. The Morgan fingerprint density at radius 1 is 1.26 bits per heavy atom. The van der Waals surface area contributed by atoms with Crippen LogP contribution in [0.4, 0.5) is 0 Å². The van der Waals surface area contributed by atoms with Crippen molar-refractivity contribution >= 4 is 39.1 Å². The van der Waals surface area contributed by atoms with Gasteiger partial charge in [0.1, 0.15) is 0 Å². The molecule has 1 aromatic heterocycles. The summed E-state index contributed by atoms with van der Waals surface area (Å²) in [4.78, 5) is 26.1. The van der Waals surface area contributed by atoms with Gasteiger partial charge in [-0.05, 0) is 33.6 Å². The summed E-state index contributed by atoms with van der Waals surface area (Å²) in [6, 6.07) is 12.8. The number of amides is 2. The highest BCUT2D eigenvalue weighted by molar-refractivity contribution is 9.11. The van der Waals surface area contributed by atoms with E-state index in [0.717, 1.165) is 9.35 Å². The smallest absolute Gasteiger partial charge is 0.264 e. The van der Waals surface area contributed by atoms with Crippen LogP contribution in [0.1, 0.15) is 21.3 Å². The Labute approximate surface area is 147 Å². The summed E-state index contributed by atoms with van der Waals surface area (Å²) in [7, 11) is 1.60. The highest BCUT2D eigenvalue weighted by Gasteiger charge is 2.17. The van der Waals surface area contributed by atoms with E-state index in [4.69, 9.17) is 5.73 Å². The maximum Gasteiger partial charge on any atom is 0.264 e. The Balaban J connectivity index is 1.81. The number of hydrogen-bond acceptors (Lipinski definition) is 4. The van der Waals surface area contributed by atoms with Crippen molar-refractivity contribution in [2.24, 2.45) is 5.73 Å². The molecule has 0 fully saturated rings. The Morgan fingerprint density at radius 2 is 1.96 bits per heavy atom. The fourth-order valence-corrected chi connectivity index (χ4v) is 3.38. The largest absolute Gasteiger partial charge is 0.353 e. The maximum absolute atomic E-state index is 12.2. The standard InChI is InChI=1S/C16H18BrN3O2S/c1-20(16(22)13-7-8-14(17)23-13)10-15(21)19-9-12(18)11-5-3-2-4-6-11/h2-8,12H,9-10,18H2,1H3,(H,19,21). The van der Waals surface area contributed by atoms with Gasteiger partial charge in [-0.25, -0.2) is 0 Å². The quantitative estimate of drug-likeness (QED) is 0.788. The van der Waals surface area contributed by atoms with Crippen molar-refractivity contribution in [3.05, 3.63) is 56.7 Å². The average molecular weight is 396 g/mol. The molecule has 0 spiro atoms. The average Bonchev–Trinajstić information content (AvgIpc) is 2.99. The van der Waals surface area contributed by atoms with Gasteiger partial charge in [-0.15, -0.1) is 11.3 Å². The van der Waals surface area contributed by atoms with Crippen molar-refractivity contribution in [1.82, 2.24) is 10.2 Å². The molecule has 2 aromatic rings. The molecule has 1 unspecified atom stereocenters. The summed E-state index contributed by atoms with van der Waals surface area (Å²) >= 11 is 4.66. The van der Waals surface area contributed by atoms with Gasteiger partial charge in [0.2, 0.25) is 5.91 Å².